The monoisotopic (exact) mass is 185 g/mol. The SMILES string of the molecule is C=C(C)CNCC(CCC)CCO. The van der Waals surface area contributed by atoms with Gasteiger partial charge in [-0.15, -0.1) is 0 Å². The topological polar surface area (TPSA) is 32.3 Å². The molecule has 0 aromatic carbocycles. The largest absolute Gasteiger partial charge is 0.396 e. The van der Waals surface area contributed by atoms with E-state index in [2.05, 4.69) is 18.8 Å². The fourth-order valence-electron chi connectivity index (χ4n) is 1.43. The summed E-state index contributed by atoms with van der Waals surface area (Å²) in [6.45, 7) is 10.2. The molecule has 0 saturated heterocycles. The van der Waals surface area contributed by atoms with E-state index in [1.165, 1.54) is 18.4 Å². The van der Waals surface area contributed by atoms with Crippen LogP contribution in [0.4, 0.5) is 0 Å². The molecule has 1 unspecified atom stereocenters. The molecule has 0 aromatic rings. The Morgan fingerprint density at radius 3 is 2.62 bits per heavy atom. The minimum atomic E-state index is 0.305. The molecule has 0 aliphatic rings. The molecular formula is C11H23NO. The predicted molar refractivity (Wildman–Crippen MR) is 57.8 cm³/mol. The molecule has 2 N–H and O–H groups in total. The summed E-state index contributed by atoms with van der Waals surface area (Å²) in [5.41, 5.74) is 1.17. The first-order valence-electron chi connectivity index (χ1n) is 5.16. The molecule has 0 rings (SSSR count). The molecule has 0 amide bonds. The van der Waals surface area contributed by atoms with Crippen LogP contribution in [0.3, 0.4) is 0 Å². The number of hydrogen-bond donors (Lipinski definition) is 2. The highest BCUT2D eigenvalue weighted by Crippen LogP contribution is 2.09. The molecule has 0 aliphatic carbocycles. The van der Waals surface area contributed by atoms with Crippen LogP contribution in [0.15, 0.2) is 12.2 Å². The van der Waals surface area contributed by atoms with Crippen molar-refractivity contribution in [3.8, 4) is 0 Å². The quantitative estimate of drug-likeness (QED) is 0.566. The molecule has 0 fully saturated rings. The minimum Gasteiger partial charge on any atom is -0.396 e. The summed E-state index contributed by atoms with van der Waals surface area (Å²) in [6, 6.07) is 0. The molecule has 0 saturated carbocycles. The second-order valence-electron chi connectivity index (χ2n) is 3.75. The average molecular weight is 185 g/mol. The van der Waals surface area contributed by atoms with Crippen LogP contribution in [-0.4, -0.2) is 24.8 Å². The van der Waals surface area contributed by atoms with Gasteiger partial charge < -0.3 is 10.4 Å². The maximum Gasteiger partial charge on any atom is 0.0434 e. The summed E-state index contributed by atoms with van der Waals surface area (Å²) in [4.78, 5) is 0. The molecule has 2 nitrogen and oxygen atoms in total. The van der Waals surface area contributed by atoms with Gasteiger partial charge in [-0.1, -0.05) is 25.5 Å². The lowest BCUT2D eigenvalue weighted by molar-refractivity contribution is 0.249. The van der Waals surface area contributed by atoms with Crippen molar-refractivity contribution in [1.29, 1.82) is 0 Å². The van der Waals surface area contributed by atoms with Crippen LogP contribution >= 0.6 is 0 Å². The lowest BCUT2D eigenvalue weighted by Gasteiger charge is -2.15. The summed E-state index contributed by atoms with van der Waals surface area (Å²) < 4.78 is 0. The van der Waals surface area contributed by atoms with Gasteiger partial charge in [0.15, 0.2) is 0 Å². The zero-order chi connectivity index (χ0) is 10.1. The number of nitrogens with one attached hydrogen (secondary N) is 1. The Morgan fingerprint density at radius 2 is 2.15 bits per heavy atom. The van der Waals surface area contributed by atoms with Crippen LogP contribution in [0.25, 0.3) is 0 Å². The molecule has 0 radical (unpaired) electrons. The van der Waals surface area contributed by atoms with E-state index in [1.807, 2.05) is 6.92 Å². The molecule has 0 heterocycles. The van der Waals surface area contributed by atoms with Crippen LogP contribution in [0.1, 0.15) is 33.1 Å². The van der Waals surface area contributed by atoms with Crippen LogP contribution in [0.2, 0.25) is 0 Å². The first kappa shape index (κ1) is 12.7. The van der Waals surface area contributed by atoms with Gasteiger partial charge in [0.1, 0.15) is 0 Å². The summed E-state index contributed by atoms with van der Waals surface area (Å²) in [6.07, 6.45) is 3.31. The van der Waals surface area contributed by atoms with Gasteiger partial charge in [-0.05, 0) is 32.2 Å². The lowest BCUT2D eigenvalue weighted by Crippen LogP contribution is -2.24. The standard InChI is InChI=1S/C11H23NO/c1-4-5-11(6-7-13)9-12-8-10(2)3/h11-13H,2,4-9H2,1,3H3. The number of hydrogen-bond acceptors (Lipinski definition) is 2. The molecule has 0 aromatic heterocycles. The van der Waals surface area contributed by atoms with Crippen LogP contribution in [0, 0.1) is 5.92 Å². The second kappa shape index (κ2) is 8.27. The van der Waals surface area contributed by atoms with Crippen molar-refractivity contribution in [2.24, 2.45) is 5.92 Å². The maximum atomic E-state index is 8.83. The summed E-state index contributed by atoms with van der Waals surface area (Å²) in [7, 11) is 0. The molecule has 78 valence electrons. The molecule has 13 heavy (non-hydrogen) atoms. The van der Waals surface area contributed by atoms with Gasteiger partial charge >= 0.3 is 0 Å². The Morgan fingerprint density at radius 1 is 1.46 bits per heavy atom. The van der Waals surface area contributed by atoms with Gasteiger partial charge in [-0.25, -0.2) is 0 Å². The first-order valence-corrected chi connectivity index (χ1v) is 5.16. The third kappa shape index (κ3) is 8.00. The molecule has 0 aliphatic heterocycles. The van der Waals surface area contributed by atoms with E-state index >= 15 is 0 Å². The Bertz CT molecular complexity index is 128. The normalized spacial score (nSPS) is 12.8. The maximum absolute atomic E-state index is 8.83. The van der Waals surface area contributed by atoms with E-state index in [-0.39, 0.29) is 0 Å². The van der Waals surface area contributed by atoms with Crippen LogP contribution in [-0.2, 0) is 0 Å². The van der Waals surface area contributed by atoms with E-state index in [0.717, 1.165) is 19.5 Å². The van der Waals surface area contributed by atoms with Crippen molar-refractivity contribution >= 4 is 0 Å². The average Bonchev–Trinajstić information content (AvgIpc) is 2.04. The van der Waals surface area contributed by atoms with Crippen molar-refractivity contribution in [3.05, 3.63) is 12.2 Å². The highest BCUT2D eigenvalue weighted by atomic mass is 16.3. The molecule has 0 spiro atoms. The number of aliphatic hydroxyl groups is 1. The zero-order valence-corrected chi connectivity index (χ0v) is 8.97. The predicted octanol–water partition coefficient (Wildman–Crippen LogP) is 1.95. The highest BCUT2D eigenvalue weighted by Gasteiger charge is 2.05. The molecule has 0 bridgehead atoms. The van der Waals surface area contributed by atoms with Crippen LogP contribution < -0.4 is 5.32 Å². The van der Waals surface area contributed by atoms with E-state index < -0.39 is 0 Å². The van der Waals surface area contributed by atoms with Gasteiger partial charge in [0.25, 0.3) is 0 Å². The van der Waals surface area contributed by atoms with E-state index in [1.54, 1.807) is 0 Å². The summed E-state index contributed by atoms with van der Waals surface area (Å²) >= 11 is 0. The van der Waals surface area contributed by atoms with E-state index in [9.17, 15) is 0 Å². The van der Waals surface area contributed by atoms with Gasteiger partial charge in [0.05, 0.1) is 0 Å². The van der Waals surface area contributed by atoms with Crippen molar-refractivity contribution in [3.63, 3.8) is 0 Å². The smallest absolute Gasteiger partial charge is 0.0434 e. The van der Waals surface area contributed by atoms with Crippen molar-refractivity contribution in [1.82, 2.24) is 5.32 Å². The van der Waals surface area contributed by atoms with Crippen molar-refractivity contribution < 1.29 is 5.11 Å². The lowest BCUT2D eigenvalue weighted by atomic mass is 10.0. The first-order chi connectivity index (χ1) is 6.20. The van der Waals surface area contributed by atoms with E-state index in [4.69, 9.17) is 5.11 Å². The summed E-state index contributed by atoms with van der Waals surface area (Å²) in [5, 5.41) is 12.2. The second-order valence-corrected chi connectivity index (χ2v) is 3.75. The Balaban J connectivity index is 3.49. The van der Waals surface area contributed by atoms with Crippen molar-refractivity contribution in [2.75, 3.05) is 19.7 Å². The third-order valence-electron chi connectivity index (χ3n) is 2.09. The molecule has 1 atom stereocenters. The van der Waals surface area contributed by atoms with Crippen LogP contribution in [0.5, 0.6) is 0 Å². The number of rotatable bonds is 8. The van der Waals surface area contributed by atoms with Gasteiger partial charge in [-0.3, -0.25) is 0 Å². The van der Waals surface area contributed by atoms with E-state index in [0.29, 0.717) is 12.5 Å². The van der Waals surface area contributed by atoms with Gasteiger partial charge in [0, 0.05) is 13.2 Å². The molecule has 2 heteroatoms. The zero-order valence-electron chi connectivity index (χ0n) is 8.97. The van der Waals surface area contributed by atoms with Gasteiger partial charge in [0.2, 0.25) is 0 Å². The summed E-state index contributed by atoms with van der Waals surface area (Å²) in [5.74, 6) is 0.620. The Kier molecular flexibility index (Phi) is 8.05. The van der Waals surface area contributed by atoms with Crippen molar-refractivity contribution in [2.45, 2.75) is 33.1 Å². The van der Waals surface area contributed by atoms with Gasteiger partial charge in [-0.2, -0.15) is 0 Å². The Hall–Kier alpha value is -0.340. The number of aliphatic hydroxyl groups excluding tert-OH is 1. The Labute approximate surface area is 82.0 Å². The highest BCUT2D eigenvalue weighted by molar-refractivity contribution is 4.90. The third-order valence-corrected chi connectivity index (χ3v) is 2.09. The minimum absolute atomic E-state index is 0.305. The fourth-order valence-corrected chi connectivity index (χ4v) is 1.43. The fraction of sp³-hybridized carbons (Fsp3) is 0.818. The molecular weight excluding hydrogens is 162 g/mol.